The molecule has 1 saturated heterocycles. The monoisotopic (exact) mass is 396 g/mol. The van der Waals surface area contributed by atoms with Gasteiger partial charge in [0.1, 0.15) is 5.82 Å². The topological polar surface area (TPSA) is 83.6 Å². The molecular weight excluding hydrogens is 368 g/mol. The number of piperidine rings is 1. The Labute approximate surface area is 171 Å². The number of rotatable bonds is 6. The molecule has 0 spiro atoms. The number of carbonyl (C=O) groups is 2. The quantitative estimate of drug-likeness (QED) is 0.782. The average molecular weight is 396 g/mol. The number of pyridine rings is 1. The van der Waals surface area contributed by atoms with E-state index < -0.39 is 0 Å². The third-order valence-electron chi connectivity index (χ3n) is 4.94. The summed E-state index contributed by atoms with van der Waals surface area (Å²) in [6.07, 6.45) is 2.74. The molecule has 3 rings (SSSR count). The summed E-state index contributed by atoms with van der Waals surface area (Å²) in [5, 5.41) is 6.30. The van der Waals surface area contributed by atoms with Crippen LogP contribution in [0.3, 0.4) is 0 Å². The molecule has 0 unspecified atom stereocenters. The van der Waals surface area contributed by atoms with Crippen LogP contribution < -0.4 is 10.6 Å². The van der Waals surface area contributed by atoms with Crippen molar-refractivity contribution in [3.63, 3.8) is 0 Å². The maximum atomic E-state index is 12.5. The van der Waals surface area contributed by atoms with Crippen LogP contribution in [0.5, 0.6) is 0 Å². The molecule has 0 bridgehead atoms. The average Bonchev–Trinajstić information content (AvgIpc) is 2.73. The molecule has 29 heavy (non-hydrogen) atoms. The van der Waals surface area contributed by atoms with E-state index in [0.717, 1.165) is 5.82 Å². The Balaban J connectivity index is 1.46. The molecule has 1 aromatic heterocycles. The predicted octanol–water partition coefficient (Wildman–Crippen LogP) is 3.35. The number of hydrogen-bond acceptors (Lipinski definition) is 5. The summed E-state index contributed by atoms with van der Waals surface area (Å²) in [4.78, 5) is 30.3. The van der Waals surface area contributed by atoms with Crippen molar-refractivity contribution in [2.45, 2.75) is 39.3 Å². The summed E-state index contributed by atoms with van der Waals surface area (Å²) < 4.78 is 5.02. The highest BCUT2D eigenvalue weighted by atomic mass is 16.6. The SMILES string of the molecule is CCOC(=O)N1CCC(NC(=O)c2ccc(NCc3cccc(C)c3)nc2)CC1. The van der Waals surface area contributed by atoms with Gasteiger partial charge in [0.05, 0.1) is 12.2 Å². The highest BCUT2D eigenvalue weighted by Gasteiger charge is 2.24. The highest BCUT2D eigenvalue weighted by molar-refractivity contribution is 5.94. The van der Waals surface area contributed by atoms with Crippen molar-refractivity contribution in [1.29, 1.82) is 0 Å². The third-order valence-corrected chi connectivity index (χ3v) is 4.94. The minimum absolute atomic E-state index is 0.0484. The fourth-order valence-electron chi connectivity index (χ4n) is 3.34. The number of likely N-dealkylation sites (tertiary alicyclic amines) is 1. The van der Waals surface area contributed by atoms with Crippen molar-refractivity contribution in [2.24, 2.45) is 0 Å². The van der Waals surface area contributed by atoms with Gasteiger partial charge >= 0.3 is 6.09 Å². The molecule has 2 N–H and O–H groups in total. The Morgan fingerprint density at radius 2 is 2.00 bits per heavy atom. The first-order chi connectivity index (χ1) is 14.0. The summed E-state index contributed by atoms with van der Waals surface area (Å²) in [5.74, 6) is 0.586. The summed E-state index contributed by atoms with van der Waals surface area (Å²) in [7, 11) is 0. The van der Waals surface area contributed by atoms with Gasteiger partial charge in [-0.1, -0.05) is 29.8 Å². The highest BCUT2D eigenvalue weighted by Crippen LogP contribution is 2.13. The molecule has 0 saturated carbocycles. The fraction of sp³-hybridized carbons (Fsp3) is 0.409. The summed E-state index contributed by atoms with van der Waals surface area (Å²) in [6.45, 7) is 6.09. The minimum atomic E-state index is -0.282. The van der Waals surface area contributed by atoms with E-state index in [4.69, 9.17) is 4.74 Å². The summed E-state index contributed by atoms with van der Waals surface area (Å²) in [6, 6.07) is 11.9. The number of ether oxygens (including phenoxy) is 1. The van der Waals surface area contributed by atoms with E-state index in [1.54, 1.807) is 24.1 Å². The molecule has 1 aromatic carbocycles. The van der Waals surface area contributed by atoms with Crippen molar-refractivity contribution in [3.8, 4) is 0 Å². The van der Waals surface area contributed by atoms with Gasteiger partial charge in [-0.05, 0) is 44.4 Å². The molecule has 2 aromatic rings. The van der Waals surface area contributed by atoms with Crippen molar-refractivity contribution >= 4 is 17.8 Å². The molecule has 1 aliphatic rings. The Hall–Kier alpha value is -3.09. The number of nitrogens with one attached hydrogen (secondary N) is 2. The van der Waals surface area contributed by atoms with Crippen molar-refractivity contribution < 1.29 is 14.3 Å². The van der Waals surface area contributed by atoms with E-state index in [1.165, 1.54) is 11.1 Å². The lowest BCUT2D eigenvalue weighted by Crippen LogP contribution is -2.46. The first-order valence-corrected chi connectivity index (χ1v) is 10.0. The van der Waals surface area contributed by atoms with Crippen LogP contribution in [0.15, 0.2) is 42.6 Å². The van der Waals surface area contributed by atoms with E-state index in [1.807, 2.05) is 12.1 Å². The Bertz CT molecular complexity index is 830. The third kappa shape index (κ3) is 5.94. The minimum Gasteiger partial charge on any atom is -0.450 e. The van der Waals surface area contributed by atoms with Crippen LogP contribution in [0.25, 0.3) is 0 Å². The fourth-order valence-corrected chi connectivity index (χ4v) is 3.34. The van der Waals surface area contributed by atoms with Gasteiger partial charge in [0.25, 0.3) is 5.91 Å². The number of carbonyl (C=O) groups excluding carboxylic acids is 2. The number of nitrogens with zero attached hydrogens (tertiary/aromatic N) is 2. The predicted molar refractivity (Wildman–Crippen MR) is 112 cm³/mol. The lowest BCUT2D eigenvalue weighted by atomic mass is 10.0. The van der Waals surface area contributed by atoms with Gasteiger partial charge in [-0.2, -0.15) is 0 Å². The Kier molecular flexibility index (Phi) is 7.05. The van der Waals surface area contributed by atoms with E-state index >= 15 is 0 Å². The van der Waals surface area contributed by atoms with Crippen molar-refractivity contribution in [1.82, 2.24) is 15.2 Å². The largest absolute Gasteiger partial charge is 0.450 e. The van der Waals surface area contributed by atoms with Gasteiger partial charge in [0.15, 0.2) is 0 Å². The number of aromatic nitrogens is 1. The molecule has 1 fully saturated rings. The van der Waals surface area contributed by atoms with Crippen LogP contribution in [0, 0.1) is 6.92 Å². The number of amides is 2. The second kappa shape index (κ2) is 9.91. The van der Waals surface area contributed by atoms with Gasteiger partial charge < -0.3 is 20.3 Å². The van der Waals surface area contributed by atoms with Gasteiger partial charge in [-0.15, -0.1) is 0 Å². The first kappa shape index (κ1) is 20.6. The lowest BCUT2D eigenvalue weighted by Gasteiger charge is -2.31. The number of benzene rings is 1. The Morgan fingerprint density at radius 3 is 2.66 bits per heavy atom. The smallest absolute Gasteiger partial charge is 0.409 e. The molecule has 0 aliphatic carbocycles. The number of anilines is 1. The normalized spacial score (nSPS) is 14.3. The standard InChI is InChI=1S/C22H28N4O3/c1-3-29-22(28)26-11-9-19(10-12-26)25-21(27)18-7-8-20(24-15-18)23-14-17-6-4-5-16(2)13-17/h4-8,13,15,19H,3,9-12,14H2,1-2H3,(H,23,24)(H,25,27). The first-order valence-electron chi connectivity index (χ1n) is 10.0. The number of hydrogen-bond donors (Lipinski definition) is 2. The molecular formula is C22H28N4O3. The van der Waals surface area contributed by atoms with Crippen LogP contribution >= 0.6 is 0 Å². The molecule has 2 amide bonds. The zero-order valence-electron chi connectivity index (χ0n) is 17.0. The van der Waals surface area contributed by atoms with Gasteiger partial charge in [0, 0.05) is 31.9 Å². The maximum absolute atomic E-state index is 12.5. The molecule has 0 atom stereocenters. The molecule has 0 radical (unpaired) electrons. The zero-order valence-corrected chi connectivity index (χ0v) is 17.0. The molecule has 2 heterocycles. The van der Waals surface area contributed by atoms with Crippen LogP contribution in [0.4, 0.5) is 10.6 Å². The summed E-state index contributed by atoms with van der Waals surface area (Å²) in [5.41, 5.74) is 2.93. The zero-order chi connectivity index (χ0) is 20.6. The summed E-state index contributed by atoms with van der Waals surface area (Å²) >= 11 is 0. The van der Waals surface area contributed by atoms with Crippen LogP contribution in [0.2, 0.25) is 0 Å². The Morgan fingerprint density at radius 1 is 1.21 bits per heavy atom. The van der Waals surface area contributed by atoms with Crippen molar-refractivity contribution in [3.05, 3.63) is 59.3 Å². The molecule has 7 heteroatoms. The molecule has 7 nitrogen and oxygen atoms in total. The van der Waals surface area contributed by atoms with Crippen LogP contribution in [-0.4, -0.2) is 47.6 Å². The van der Waals surface area contributed by atoms with Gasteiger partial charge in [-0.25, -0.2) is 9.78 Å². The molecule has 154 valence electrons. The maximum Gasteiger partial charge on any atom is 0.409 e. The second-order valence-electron chi connectivity index (χ2n) is 7.21. The van der Waals surface area contributed by atoms with Crippen molar-refractivity contribution in [2.75, 3.05) is 25.0 Å². The van der Waals surface area contributed by atoms with E-state index in [0.29, 0.717) is 44.6 Å². The van der Waals surface area contributed by atoms with Crippen LogP contribution in [0.1, 0.15) is 41.3 Å². The van der Waals surface area contributed by atoms with Gasteiger partial charge in [-0.3, -0.25) is 4.79 Å². The van der Waals surface area contributed by atoms with Crippen LogP contribution in [-0.2, 0) is 11.3 Å². The lowest BCUT2D eigenvalue weighted by molar-refractivity contribution is 0.0860. The number of aryl methyl sites for hydroxylation is 1. The van der Waals surface area contributed by atoms with E-state index in [2.05, 4.69) is 40.7 Å². The molecule has 1 aliphatic heterocycles. The second-order valence-corrected chi connectivity index (χ2v) is 7.21. The van der Waals surface area contributed by atoms with E-state index in [-0.39, 0.29) is 18.0 Å². The van der Waals surface area contributed by atoms with E-state index in [9.17, 15) is 9.59 Å². The van der Waals surface area contributed by atoms with Gasteiger partial charge in [0.2, 0.25) is 0 Å².